The van der Waals surface area contributed by atoms with Crippen molar-refractivity contribution in [3.8, 4) is 0 Å². The number of benzene rings is 1. The summed E-state index contributed by atoms with van der Waals surface area (Å²) in [6, 6.07) is 8.08. The quantitative estimate of drug-likeness (QED) is 0.683. The molecule has 0 N–H and O–H groups in total. The van der Waals surface area contributed by atoms with Crippen LogP contribution in [0, 0.1) is 17.8 Å². The van der Waals surface area contributed by atoms with Crippen molar-refractivity contribution in [1.82, 2.24) is 0 Å². The molecule has 2 saturated carbocycles. The van der Waals surface area contributed by atoms with E-state index in [4.69, 9.17) is 23.2 Å². The first kappa shape index (κ1) is 11.9. The second kappa shape index (κ2) is 4.82. The Kier molecular flexibility index (Phi) is 3.36. The van der Waals surface area contributed by atoms with E-state index < -0.39 is 0 Å². The fourth-order valence-electron chi connectivity index (χ4n) is 3.59. The first-order chi connectivity index (χ1) is 8.27. The Hall–Kier alpha value is -0.200. The number of alkyl halides is 1. The third kappa shape index (κ3) is 2.35. The van der Waals surface area contributed by atoms with Crippen molar-refractivity contribution in [1.29, 1.82) is 0 Å². The Morgan fingerprint density at radius 1 is 1.12 bits per heavy atom. The molecule has 1 aromatic rings. The minimum absolute atomic E-state index is 0.281. The van der Waals surface area contributed by atoms with Crippen molar-refractivity contribution in [2.24, 2.45) is 17.8 Å². The van der Waals surface area contributed by atoms with Gasteiger partial charge in [0.2, 0.25) is 0 Å². The molecule has 0 aliphatic heterocycles. The summed E-state index contributed by atoms with van der Waals surface area (Å²) in [5.41, 5.74) is 1.21. The largest absolute Gasteiger partial charge is 0.122 e. The Bertz CT molecular complexity index is 390. The molecular weight excluding hydrogens is 251 g/mol. The maximum absolute atomic E-state index is 6.60. The van der Waals surface area contributed by atoms with E-state index in [-0.39, 0.29) is 5.38 Å². The normalized spacial score (nSPS) is 32.9. The summed E-state index contributed by atoms with van der Waals surface area (Å²) >= 11 is 12.8. The molecule has 0 spiro atoms. The van der Waals surface area contributed by atoms with Gasteiger partial charge in [-0.2, -0.15) is 0 Å². The lowest BCUT2D eigenvalue weighted by Crippen LogP contribution is -2.08. The predicted octanol–water partition coefficient (Wildman–Crippen LogP) is 4.93. The van der Waals surface area contributed by atoms with Crippen molar-refractivity contribution in [3.05, 3.63) is 34.9 Å². The highest BCUT2D eigenvalue weighted by Gasteiger charge is 2.53. The van der Waals surface area contributed by atoms with Gasteiger partial charge in [-0.15, -0.1) is 11.6 Å². The Morgan fingerprint density at radius 2 is 1.76 bits per heavy atom. The molecule has 3 unspecified atom stereocenters. The van der Waals surface area contributed by atoms with Gasteiger partial charge in [0, 0.05) is 10.4 Å². The van der Waals surface area contributed by atoms with E-state index >= 15 is 0 Å². The molecule has 1 aromatic carbocycles. The number of hydrogen-bond acceptors (Lipinski definition) is 0. The van der Waals surface area contributed by atoms with E-state index in [0.717, 1.165) is 29.2 Å². The van der Waals surface area contributed by atoms with Gasteiger partial charge in [-0.1, -0.05) is 42.6 Å². The molecule has 2 aliphatic carbocycles. The summed E-state index contributed by atoms with van der Waals surface area (Å²) < 4.78 is 0. The summed E-state index contributed by atoms with van der Waals surface area (Å²) in [5, 5.41) is 1.14. The standard InChI is InChI=1S/C15H18Cl2/c16-13-8-4-1-5-10(13)9-14(17)15-11-6-2-3-7-12(11)15/h1,4-5,8,11-12,14-15H,2-3,6-7,9H2. The molecule has 92 valence electrons. The third-order valence-corrected chi connectivity index (χ3v) is 5.33. The number of halogens is 2. The van der Waals surface area contributed by atoms with Crippen LogP contribution in [0.2, 0.25) is 5.02 Å². The number of hydrogen-bond donors (Lipinski definition) is 0. The van der Waals surface area contributed by atoms with E-state index in [2.05, 4.69) is 6.07 Å². The van der Waals surface area contributed by atoms with Gasteiger partial charge in [0.1, 0.15) is 0 Å². The topological polar surface area (TPSA) is 0 Å². The molecule has 0 bridgehead atoms. The van der Waals surface area contributed by atoms with Crippen LogP contribution >= 0.6 is 23.2 Å². The molecule has 0 amide bonds. The van der Waals surface area contributed by atoms with Gasteiger partial charge in [0.15, 0.2) is 0 Å². The summed E-state index contributed by atoms with van der Waals surface area (Å²) in [5.74, 6) is 2.61. The smallest absolute Gasteiger partial charge is 0.0438 e. The maximum atomic E-state index is 6.60. The molecule has 3 rings (SSSR count). The van der Waals surface area contributed by atoms with E-state index in [9.17, 15) is 0 Å². The number of rotatable bonds is 3. The lowest BCUT2D eigenvalue weighted by molar-refractivity contribution is 0.480. The van der Waals surface area contributed by atoms with Crippen LogP contribution < -0.4 is 0 Å². The first-order valence-corrected chi connectivity index (χ1v) is 7.46. The van der Waals surface area contributed by atoms with Crippen LogP contribution in [0.25, 0.3) is 0 Å². The maximum Gasteiger partial charge on any atom is 0.0438 e. The molecule has 17 heavy (non-hydrogen) atoms. The molecule has 0 aromatic heterocycles. The molecule has 0 saturated heterocycles. The van der Waals surface area contributed by atoms with Crippen molar-refractivity contribution < 1.29 is 0 Å². The summed E-state index contributed by atoms with van der Waals surface area (Å²) in [6.45, 7) is 0. The van der Waals surface area contributed by atoms with E-state index in [1.807, 2.05) is 18.2 Å². The first-order valence-electron chi connectivity index (χ1n) is 6.65. The van der Waals surface area contributed by atoms with E-state index in [1.54, 1.807) is 0 Å². The summed E-state index contributed by atoms with van der Waals surface area (Å²) in [7, 11) is 0. The second-order valence-electron chi connectivity index (χ2n) is 5.50. The molecule has 2 fully saturated rings. The molecular formula is C15H18Cl2. The fraction of sp³-hybridized carbons (Fsp3) is 0.600. The SMILES string of the molecule is Clc1ccccc1CC(Cl)C1C2CCCCC21. The molecule has 2 aliphatic rings. The van der Waals surface area contributed by atoms with Gasteiger partial charge in [-0.05, 0) is 48.6 Å². The van der Waals surface area contributed by atoms with Crippen LogP contribution in [-0.4, -0.2) is 5.38 Å². The average molecular weight is 269 g/mol. The molecule has 0 heterocycles. The Balaban J connectivity index is 1.64. The lowest BCUT2D eigenvalue weighted by atomic mass is 10.0. The van der Waals surface area contributed by atoms with Gasteiger partial charge in [0.25, 0.3) is 0 Å². The third-order valence-electron chi connectivity index (χ3n) is 4.51. The monoisotopic (exact) mass is 268 g/mol. The van der Waals surface area contributed by atoms with Gasteiger partial charge in [0.05, 0.1) is 0 Å². The zero-order valence-electron chi connectivity index (χ0n) is 9.91. The lowest BCUT2D eigenvalue weighted by Gasteiger charge is -2.10. The molecule has 0 radical (unpaired) electrons. The average Bonchev–Trinajstić information content (AvgIpc) is 3.06. The molecule has 2 heteroatoms. The van der Waals surface area contributed by atoms with E-state index in [0.29, 0.717) is 0 Å². The summed E-state index contributed by atoms with van der Waals surface area (Å²) in [6.07, 6.45) is 6.56. The van der Waals surface area contributed by atoms with Crippen LogP contribution in [0.15, 0.2) is 24.3 Å². The van der Waals surface area contributed by atoms with Crippen LogP contribution in [0.5, 0.6) is 0 Å². The van der Waals surface area contributed by atoms with Gasteiger partial charge < -0.3 is 0 Å². The highest BCUT2D eigenvalue weighted by Crippen LogP contribution is 2.58. The van der Waals surface area contributed by atoms with Crippen molar-refractivity contribution >= 4 is 23.2 Å². The Labute approximate surface area is 113 Å². The highest BCUT2D eigenvalue weighted by atomic mass is 35.5. The zero-order chi connectivity index (χ0) is 11.8. The summed E-state index contributed by atoms with van der Waals surface area (Å²) in [4.78, 5) is 0. The molecule has 0 nitrogen and oxygen atoms in total. The predicted molar refractivity (Wildman–Crippen MR) is 73.7 cm³/mol. The zero-order valence-corrected chi connectivity index (χ0v) is 11.4. The number of fused-ring (bicyclic) bond motifs is 1. The van der Waals surface area contributed by atoms with Gasteiger partial charge in [-0.25, -0.2) is 0 Å². The van der Waals surface area contributed by atoms with Crippen molar-refractivity contribution in [2.45, 2.75) is 37.5 Å². The minimum Gasteiger partial charge on any atom is -0.122 e. The van der Waals surface area contributed by atoms with Crippen molar-refractivity contribution in [3.63, 3.8) is 0 Å². The van der Waals surface area contributed by atoms with Gasteiger partial charge in [-0.3, -0.25) is 0 Å². The Morgan fingerprint density at radius 3 is 2.41 bits per heavy atom. The van der Waals surface area contributed by atoms with Crippen LogP contribution in [0.4, 0.5) is 0 Å². The second-order valence-corrected chi connectivity index (χ2v) is 6.47. The van der Waals surface area contributed by atoms with Gasteiger partial charge >= 0.3 is 0 Å². The van der Waals surface area contributed by atoms with Crippen LogP contribution in [-0.2, 0) is 6.42 Å². The van der Waals surface area contributed by atoms with Crippen LogP contribution in [0.1, 0.15) is 31.2 Å². The highest BCUT2D eigenvalue weighted by molar-refractivity contribution is 6.31. The van der Waals surface area contributed by atoms with E-state index in [1.165, 1.54) is 31.2 Å². The minimum atomic E-state index is 0.281. The fourth-order valence-corrected chi connectivity index (χ4v) is 4.35. The van der Waals surface area contributed by atoms with Crippen molar-refractivity contribution in [2.75, 3.05) is 0 Å². The van der Waals surface area contributed by atoms with Crippen LogP contribution in [0.3, 0.4) is 0 Å². The molecule has 3 atom stereocenters.